The molecule has 4 heteroatoms. The smallest absolute Gasteiger partial charge is 0.0956 e. The summed E-state index contributed by atoms with van der Waals surface area (Å²) in [6, 6.07) is 6.15. The summed E-state index contributed by atoms with van der Waals surface area (Å²) >= 11 is 1.78. The summed E-state index contributed by atoms with van der Waals surface area (Å²) in [6.07, 6.45) is 5.28. The first-order valence-electron chi connectivity index (χ1n) is 6.53. The van der Waals surface area contributed by atoms with Gasteiger partial charge in [0, 0.05) is 17.6 Å². The third-order valence-corrected chi connectivity index (χ3v) is 3.94. The highest BCUT2D eigenvalue weighted by Crippen LogP contribution is 2.20. The van der Waals surface area contributed by atoms with Crippen LogP contribution in [0.3, 0.4) is 0 Å². The van der Waals surface area contributed by atoms with Crippen molar-refractivity contribution in [2.75, 3.05) is 0 Å². The molecule has 0 aliphatic rings. The summed E-state index contributed by atoms with van der Waals surface area (Å²) in [5, 5.41) is 16.5. The van der Waals surface area contributed by atoms with Crippen LogP contribution in [0.5, 0.6) is 0 Å². The molecule has 0 saturated carbocycles. The van der Waals surface area contributed by atoms with Gasteiger partial charge in [-0.05, 0) is 43.2 Å². The maximum atomic E-state index is 10.2. The molecule has 1 N–H and O–H groups in total. The molecule has 2 heterocycles. The molecule has 98 valence electrons. The molecule has 3 nitrogen and oxygen atoms in total. The number of aromatic nitrogens is 2. The Hall–Kier alpha value is -1.13. The molecule has 0 bridgehead atoms. The summed E-state index contributed by atoms with van der Waals surface area (Å²) in [5.41, 5.74) is 0.947. The van der Waals surface area contributed by atoms with Crippen LogP contribution in [0.1, 0.15) is 42.9 Å². The van der Waals surface area contributed by atoms with E-state index >= 15 is 0 Å². The molecule has 0 fully saturated rings. The lowest BCUT2D eigenvalue weighted by molar-refractivity contribution is 0.153. The van der Waals surface area contributed by atoms with E-state index in [1.165, 1.54) is 4.88 Å². The number of nitrogens with zero attached hydrogens (tertiary/aromatic N) is 2. The van der Waals surface area contributed by atoms with E-state index in [4.69, 9.17) is 0 Å². The van der Waals surface area contributed by atoms with Crippen LogP contribution in [0.2, 0.25) is 0 Å². The number of thiophene rings is 1. The van der Waals surface area contributed by atoms with Gasteiger partial charge >= 0.3 is 0 Å². The zero-order valence-corrected chi connectivity index (χ0v) is 11.6. The van der Waals surface area contributed by atoms with Crippen molar-refractivity contribution in [2.45, 2.75) is 45.3 Å². The summed E-state index contributed by atoms with van der Waals surface area (Å²) in [5.74, 6) is 0. The monoisotopic (exact) mass is 264 g/mol. The van der Waals surface area contributed by atoms with E-state index in [0.717, 1.165) is 37.9 Å². The molecule has 0 saturated heterocycles. The first kappa shape index (κ1) is 13.3. The molecule has 2 aromatic rings. The molecule has 2 rings (SSSR count). The van der Waals surface area contributed by atoms with E-state index in [1.807, 2.05) is 10.7 Å². The highest BCUT2D eigenvalue weighted by molar-refractivity contribution is 7.09. The average Bonchev–Trinajstić information content (AvgIpc) is 3.00. The predicted molar refractivity (Wildman–Crippen MR) is 74.7 cm³/mol. The molecule has 0 aliphatic heterocycles. The minimum atomic E-state index is -0.390. The number of hydrogen-bond donors (Lipinski definition) is 1. The van der Waals surface area contributed by atoms with E-state index in [0.29, 0.717) is 0 Å². The van der Waals surface area contributed by atoms with Crippen molar-refractivity contribution in [3.8, 4) is 0 Å². The number of hydrogen-bond acceptors (Lipinski definition) is 3. The summed E-state index contributed by atoms with van der Waals surface area (Å²) in [6.45, 7) is 3.00. The van der Waals surface area contributed by atoms with Crippen LogP contribution >= 0.6 is 11.3 Å². The quantitative estimate of drug-likeness (QED) is 0.832. The van der Waals surface area contributed by atoms with Crippen molar-refractivity contribution in [3.63, 3.8) is 0 Å². The van der Waals surface area contributed by atoms with Crippen LogP contribution in [0, 0.1) is 0 Å². The predicted octanol–water partition coefficient (Wildman–Crippen LogP) is 3.41. The largest absolute Gasteiger partial charge is 0.387 e. The molecule has 18 heavy (non-hydrogen) atoms. The molecule has 0 amide bonds. The van der Waals surface area contributed by atoms with Crippen LogP contribution in [-0.4, -0.2) is 14.9 Å². The van der Waals surface area contributed by atoms with Gasteiger partial charge in [-0.25, -0.2) is 0 Å². The third-order valence-electron chi connectivity index (χ3n) is 3.01. The molecular formula is C14H20N2OS. The SMILES string of the molecule is CCCn1nccc1C(O)CCCc1cccs1. The van der Waals surface area contributed by atoms with Gasteiger partial charge in [-0.1, -0.05) is 13.0 Å². The number of rotatable bonds is 7. The maximum absolute atomic E-state index is 10.2. The van der Waals surface area contributed by atoms with Gasteiger partial charge in [0.1, 0.15) is 0 Å². The van der Waals surface area contributed by atoms with E-state index < -0.39 is 0 Å². The molecule has 0 aromatic carbocycles. The van der Waals surface area contributed by atoms with Crippen molar-refractivity contribution in [1.29, 1.82) is 0 Å². The van der Waals surface area contributed by atoms with Crippen molar-refractivity contribution in [1.82, 2.24) is 9.78 Å². The summed E-state index contributed by atoms with van der Waals surface area (Å²) < 4.78 is 1.91. The topological polar surface area (TPSA) is 38.0 Å². The van der Waals surface area contributed by atoms with Gasteiger partial charge < -0.3 is 5.11 Å². The number of aryl methyl sites for hydroxylation is 2. The van der Waals surface area contributed by atoms with Gasteiger partial charge in [-0.15, -0.1) is 11.3 Å². The highest BCUT2D eigenvalue weighted by Gasteiger charge is 2.12. The van der Waals surface area contributed by atoms with E-state index in [2.05, 4.69) is 29.5 Å². The highest BCUT2D eigenvalue weighted by atomic mass is 32.1. The normalized spacial score (nSPS) is 12.8. The third kappa shape index (κ3) is 3.43. The van der Waals surface area contributed by atoms with Crippen molar-refractivity contribution < 1.29 is 5.11 Å². The Kier molecular flexibility index (Phi) is 4.96. The van der Waals surface area contributed by atoms with Crippen LogP contribution in [0.4, 0.5) is 0 Å². The Bertz CT molecular complexity index is 450. The van der Waals surface area contributed by atoms with E-state index in [1.54, 1.807) is 17.5 Å². The lowest BCUT2D eigenvalue weighted by atomic mass is 10.1. The molecular weight excluding hydrogens is 244 g/mol. The fourth-order valence-corrected chi connectivity index (χ4v) is 2.85. The first-order chi connectivity index (χ1) is 8.81. The lowest BCUT2D eigenvalue weighted by Gasteiger charge is -2.12. The second kappa shape index (κ2) is 6.71. The number of aliphatic hydroxyl groups is 1. The minimum absolute atomic E-state index is 0.390. The zero-order chi connectivity index (χ0) is 12.8. The fourth-order valence-electron chi connectivity index (χ4n) is 2.10. The second-order valence-electron chi connectivity index (χ2n) is 4.47. The van der Waals surface area contributed by atoms with Crippen molar-refractivity contribution in [2.24, 2.45) is 0 Å². The molecule has 1 unspecified atom stereocenters. The summed E-state index contributed by atoms with van der Waals surface area (Å²) in [7, 11) is 0. The Morgan fingerprint density at radius 2 is 2.33 bits per heavy atom. The van der Waals surface area contributed by atoms with Crippen LogP contribution in [0.15, 0.2) is 29.8 Å². The fraction of sp³-hybridized carbons (Fsp3) is 0.500. The molecule has 0 spiro atoms. The van der Waals surface area contributed by atoms with Gasteiger partial charge in [0.05, 0.1) is 11.8 Å². The molecule has 0 radical (unpaired) electrons. The zero-order valence-electron chi connectivity index (χ0n) is 10.7. The Morgan fingerprint density at radius 1 is 1.44 bits per heavy atom. The Balaban J connectivity index is 1.83. The van der Waals surface area contributed by atoms with Crippen LogP contribution in [0.25, 0.3) is 0 Å². The van der Waals surface area contributed by atoms with Crippen LogP contribution < -0.4 is 0 Å². The standard InChI is InChI=1S/C14H20N2OS/c1-2-10-16-13(8-9-15-16)14(17)7-3-5-12-6-4-11-18-12/h4,6,8-9,11,14,17H,2-3,5,7,10H2,1H3. The molecule has 0 aliphatic carbocycles. The van der Waals surface area contributed by atoms with E-state index in [9.17, 15) is 5.11 Å². The maximum Gasteiger partial charge on any atom is 0.0956 e. The molecule has 2 aromatic heterocycles. The second-order valence-corrected chi connectivity index (χ2v) is 5.50. The molecule has 1 atom stereocenters. The average molecular weight is 264 g/mol. The van der Waals surface area contributed by atoms with Gasteiger partial charge in [-0.3, -0.25) is 4.68 Å². The Labute approximate surface area is 112 Å². The van der Waals surface area contributed by atoms with Gasteiger partial charge in [0.15, 0.2) is 0 Å². The summed E-state index contributed by atoms with van der Waals surface area (Å²) in [4.78, 5) is 1.39. The van der Waals surface area contributed by atoms with Gasteiger partial charge in [0.2, 0.25) is 0 Å². The first-order valence-corrected chi connectivity index (χ1v) is 7.41. The van der Waals surface area contributed by atoms with Gasteiger partial charge in [-0.2, -0.15) is 5.10 Å². The van der Waals surface area contributed by atoms with Crippen LogP contribution in [-0.2, 0) is 13.0 Å². The lowest BCUT2D eigenvalue weighted by Crippen LogP contribution is -2.09. The van der Waals surface area contributed by atoms with Gasteiger partial charge in [0.25, 0.3) is 0 Å². The minimum Gasteiger partial charge on any atom is -0.387 e. The van der Waals surface area contributed by atoms with Crippen molar-refractivity contribution >= 4 is 11.3 Å². The van der Waals surface area contributed by atoms with Crippen molar-refractivity contribution in [3.05, 3.63) is 40.3 Å². The Morgan fingerprint density at radius 3 is 3.06 bits per heavy atom. The van der Waals surface area contributed by atoms with E-state index in [-0.39, 0.29) is 6.10 Å². The number of aliphatic hydroxyl groups excluding tert-OH is 1.